The Balaban J connectivity index is 1.93. The van der Waals surface area contributed by atoms with Gasteiger partial charge in [-0.1, -0.05) is 6.92 Å². The molecule has 0 spiro atoms. The molecule has 1 N–H and O–H groups in total. The third-order valence-electron chi connectivity index (χ3n) is 4.42. The second kappa shape index (κ2) is 5.48. The summed E-state index contributed by atoms with van der Waals surface area (Å²) in [5.41, 5.74) is 0. The van der Waals surface area contributed by atoms with Crippen molar-refractivity contribution in [3.05, 3.63) is 0 Å². The van der Waals surface area contributed by atoms with Crippen molar-refractivity contribution in [2.24, 2.45) is 5.92 Å². The smallest absolute Gasteiger partial charge is 0.0555 e. The first-order chi connectivity index (χ1) is 7.68. The molecule has 1 saturated heterocycles. The molecule has 3 nitrogen and oxygen atoms in total. The summed E-state index contributed by atoms with van der Waals surface area (Å²) >= 11 is 0. The van der Waals surface area contributed by atoms with Crippen molar-refractivity contribution < 1.29 is 9.84 Å². The van der Waals surface area contributed by atoms with E-state index in [4.69, 9.17) is 4.74 Å². The number of ether oxygens (including phenoxy) is 1. The van der Waals surface area contributed by atoms with E-state index in [2.05, 4.69) is 18.9 Å². The largest absolute Gasteiger partial charge is 0.393 e. The third kappa shape index (κ3) is 2.76. The standard InChI is InChI=1S/C13H25NO2/c1-10-3-4-12(15)9-13(10)14(2)11-5-7-16-8-6-11/h10-13,15H,3-9H2,1-2H3. The molecule has 3 atom stereocenters. The zero-order valence-electron chi connectivity index (χ0n) is 10.6. The van der Waals surface area contributed by atoms with E-state index in [9.17, 15) is 5.11 Å². The Bertz CT molecular complexity index is 216. The van der Waals surface area contributed by atoms with E-state index in [1.54, 1.807) is 0 Å². The highest BCUT2D eigenvalue weighted by Crippen LogP contribution is 2.30. The van der Waals surface area contributed by atoms with Crippen LogP contribution in [0.2, 0.25) is 0 Å². The fraction of sp³-hybridized carbons (Fsp3) is 1.00. The van der Waals surface area contributed by atoms with Crippen LogP contribution in [0.4, 0.5) is 0 Å². The number of aliphatic hydroxyl groups is 1. The molecule has 0 aromatic carbocycles. The first-order valence-corrected chi connectivity index (χ1v) is 6.66. The predicted octanol–water partition coefficient (Wildman–Crippen LogP) is 1.65. The number of nitrogens with zero attached hydrogens (tertiary/aromatic N) is 1. The molecular formula is C13H25NO2. The second-order valence-electron chi connectivity index (χ2n) is 5.52. The molecule has 3 heteroatoms. The third-order valence-corrected chi connectivity index (χ3v) is 4.42. The van der Waals surface area contributed by atoms with Crippen molar-refractivity contribution in [3.63, 3.8) is 0 Å². The molecule has 1 saturated carbocycles. The van der Waals surface area contributed by atoms with Gasteiger partial charge >= 0.3 is 0 Å². The fourth-order valence-electron chi connectivity index (χ4n) is 3.21. The topological polar surface area (TPSA) is 32.7 Å². The Kier molecular flexibility index (Phi) is 4.22. The maximum atomic E-state index is 9.79. The molecule has 0 aromatic heterocycles. The SMILES string of the molecule is CC1CCC(O)CC1N(C)C1CCOCC1. The summed E-state index contributed by atoms with van der Waals surface area (Å²) in [5.74, 6) is 0.719. The molecule has 16 heavy (non-hydrogen) atoms. The highest BCUT2D eigenvalue weighted by atomic mass is 16.5. The first kappa shape index (κ1) is 12.3. The molecule has 1 aliphatic carbocycles. The minimum atomic E-state index is -0.0801. The molecule has 0 bridgehead atoms. The van der Waals surface area contributed by atoms with Crippen LogP contribution in [-0.4, -0.2) is 48.5 Å². The maximum Gasteiger partial charge on any atom is 0.0555 e. The number of hydrogen-bond acceptors (Lipinski definition) is 3. The fourth-order valence-corrected chi connectivity index (χ4v) is 3.21. The number of aliphatic hydroxyl groups excluding tert-OH is 1. The molecule has 0 amide bonds. The van der Waals surface area contributed by atoms with E-state index in [1.165, 1.54) is 6.42 Å². The van der Waals surface area contributed by atoms with Crippen LogP contribution in [0.15, 0.2) is 0 Å². The van der Waals surface area contributed by atoms with Gasteiger partial charge in [0.15, 0.2) is 0 Å². The lowest BCUT2D eigenvalue weighted by Gasteiger charge is -2.43. The van der Waals surface area contributed by atoms with Crippen LogP contribution in [0.1, 0.15) is 39.0 Å². The van der Waals surface area contributed by atoms with Crippen molar-refractivity contribution in [1.29, 1.82) is 0 Å². The Morgan fingerprint density at radius 3 is 2.50 bits per heavy atom. The quantitative estimate of drug-likeness (QED) is 0.778. The van der Waals surface area contributed by atoms with Gasteiger partial charge in [0.05, 0.1) is 6.10 Å². The normalized spacial score (nSPS) is 37.9. The van der Waals surface area contributed by atoms with Crippen LogP contribution >= 0.6 is 0 Å². The van der Waals surface area contributed by atoms with Crippen LogP contribution in [0.25, 0.3) is 0 Å². The van der Waals surface area contributed by atoms with Crippen molar-refractivity contribution in [2.45, 2.75) is 57.2 Å². The predicted molar refractivity (Wildman–Crippen MR) is 64.4 cm³/mol. The van der Waals surface area contributed by atoms with Gasteiger partial charge in [0.1, 0.15) is 0 Å². The monoisotopic (exact) mass is 227 g/mol. The molecule has 2 aliphatic rings. The summed E-state index contributed by atoms with van der Waals surface area (Å²) in [7, 11) is 2.23. The van der Waals surface area contributed by atoms with Gasteiger partial charge in [0.25, 0.3) is 0 Å². The average molecular weight is 227 g/mol. The van der Waals surface area contributed by atoms with Crippen LogP contribution < -0.4 is 0 Å². The van der Waals surface area contributed by atoms with Gasteiger partial charge in [-0.25, -0.2) is 0 Å². The van der Waals surface area contributed by atoms with Gasteiger partial charge in [0.2, 0.25) is 0 Å². The van der Waals surface area contributed by atoms with Crippen LogP contribution in [-0.2, 0) is 4.74 Å². The van der Waals surface area contributed by atoms with E-state index >= 15 is 0 Å². The Hall–Kier alpha value is -0.120. The molecular weight excluding hydrogens is 202 g/mol. The summed E-state index contributed by atoms with van der Waals surface area (Å²) in [4.78, 5) is 2.51. The highest BCUT2D eigenvalue weighted by molar-refractivity contribution is 4.87. The molecule has 0 aromatic rings. The van der Waals surface area contributed by atoms with Crippen molar-refractivity contribution in [1.82, 2.24) is 4.90 Å². The molecule has 2 fully saturated rings. The van der Waals surface area contributed by atoms with E-state index < -0.39 is 0 Å². The summed E-state index contributed by atoms with van der Waals surface area (Å²) in [5, 5.41) is 9.79. The highest BCUT2D eigenvalue weighted by Gasteiger charge is 2.33. The lowest BCUT2D eigenvalue weighted by atomic mass is 9.82. The van der Waals surface area contributed by atoms with Crippen LogP contribution in [0.5, 0.6) is 0 Å². The first-order valence-electron chi connectivity index (χ1n) is 6.66. The molecule has 1 aliphatic heterocycles. The number of hydrogen-bond donors (Lipinski definition) is 1. The van der Waals surface area contributed by atoms with Crippen molar-refractivity contribution in [2.75, 3.05) is 20.3 Å². The van der Waals surface area contributed by atoms with Crippen molar-refractivity contribution in [3.8, 4) is 0 Å². The lowest BCUT2D eigenvalue weighted by molar-refractivity contribution is -0.0124. The van der Waals surface area contributed by atoms with Crippen molar-refractivity contribution >= 4 is 0 Å². The zero-order chi connectivity index (χ0) is 11.5. The molecule has 1 heterocycles. The summed E-state index contributed by atoms with van der Waals surface area (Å²) in [6, 6.07) is 1.22. The van der Waals surface area contributed by atoms with Gasteiger partial charge in [0, 0.05) is 25.3 Å². The minimum absolute atomic E-state index is 0.0801. The van der Waals surface area contributed by atoms with Gasteiger partial charge in [-0.05, 0) is 45.1 Å². The Morgan fingerprint density at radius 2 is 1.81 bits per heavy atom. The summed E-state index contributed by atoms with van der Waals surface area (Å²) < 4.78 is 5.41. The molecule has 3 unspecified atom stereocenters. The Morgan fingerprint density at radius 1 is 1.12 bits per heavy atom. The maximum absolute atomic E-state index is 9.79. The minimum Gasteiger partial charge on any atom is -0.393 e. The Labute approximate surface area is 98.8 Å². The molecule has 2 rings (SSSR count). The average Bonchev–Trinajstić information content (AvgIpc) is 2.32. The van der Waals surface area contributed by atoms with Gasteiger partial charge < -0.3 is 9.84 Å². The summed E-state index contributed by atoms with van der Waals surface area (Å²) in [6.45, 7) is 4.13. The van der Waals surface area contributed by atoms with Gasteiger partial charge in [-0.15, -0.1) is 0 Å². The van der Waals surface area contributed by atoms with Gasteiger partial charge in [-0.2, -0.15) is 0 Å². The zero-order valence-corrected chi connectivity index (χ0v) is 10.6. The van der Waals surface area contributed by atoms with E-state index in [0.717, 1.165) is 44.8 Å². The van der Waals surface area contributed by atoms with Gasteiger partial charge in [-0.3, -0.25) is 4.90 Å². The number of rotatable bonds is 2. The molecule has 0 radical (unpaired) electrons. The van der Waals surface area contributed by atoms with Crippen LogP contribution in [0.3, 0.4) is 0 Å². The van der Waals surface area contributed by atoms with E-state index in [1.807, 2.05) is 0 Å². The van der Waals surface area contributed by atoms with E-state index in [0.29, 0.717) is 12.1 Å². The lowest BCUT2D eigenvalue weighted by Crippen LogP contribution is -2.49. The van der Waals surface area contributed by atoms with Crippen LogP contribution in [0, 0.1) is 5.92 Å². The second-order valence-corrected chi connectivity index (χ2v) is 5.52. The summed E-state index contributed by atoms with van der Waals surface area (Å²) in [6.07, 6.45) is 5.32. The van der Waals surface area contributed by atoms with E-state index in [-0.39, 0.29) is 6.10 Å². The molecule has 94 valence electrons.